The summed E-state index contributed by atoms with van der Waals surface area (Å²) in [6, 6.07) is 8.52. The summed E-state index contributed by atoms with van der Waals surface area (Å²) in [7, 11) is 0. The average molecular weight is 361 g/mol. The molecule has 1 amide bonds. The highest BCUT2D eigenvalue weighted by Gasteiger charge is 2.21. The summed E-state index contributed by atoms with van der Waals surface area (Å²) in [6.07, 6.45) is 2.30. The van der Waals surface area contributed by atoms with E-state index in [1.807, 2.05) is 0 Å². The fourth-order valence-electron chi connectivity index (χ4n) is 1.90. The summed E-state index contributed by atoms with van der Waals surface area (Å²) < 4.78 is 5.16. The molecule has 0 unspecified atom stereocenters. The molecule has 0 aliphatic heterocycles. The van der Waals surface area contributed by atoms with Crippen LogP contribution in [0.4, 0.5) is 11.4 Å². The van der Waals surface area contributed by atoms with Crippen LogP contribution in [0, 0.1) is 10.1 Å². The second-order valence-corrected chi connectivity index (χ2v) is 5.70. The number of carbonyl (C=O) groups is 2. The number of hydrogen-bond donors (Lipinski definition) is 1. The largest absolute Gasteiger partial charge is 0.449 e. The molecular weight excluding hydrogens is 346 g/mol. The number of ether oxygens (including phenoxy) is 1. The Bertz CT molecular complexity index is 795. The molecule has 25 heavy (non-hydrogen) atoms. The van der Waals surface area contributed by atoms with Crippen LogP contribution in [0.1, 0.15) is 17.3 Å². The van der Waals surface area contributed by atoms with E-state index in [4.69, 9.17) is 4.74 Å². The molecule has 1 heterocycles. The number of thioether (sulfide) groups is 1. The van der Waals surface area contributed by atoms with E-state index >= 15 is 0 Å². The van der Waals surface area contributed by atoms with Gasteiger partial charge in [0.1, 0.15) is 5.03 Å². The minimum atomic E-state index is -1.04. The molecule has 0 spiro atoms. The Morgan fingerprint density at radius 1 is 1.28 bits per heavy atom. The third-order valence-electron chi connectivity index (χ3n) is 3.18. The highest BCUT2D eigenvalue weighted by molar-refractivity contribution is 7.98. The molecule has 1 N–H and O–H groups in total. The minimum Gasteiger partial charge on any atom is -0.449 e. The van der Waals surface area contributed by atoms with E-state index in [1.165, 1.54) is 43.0 Å². The fourth-order valence-corrected chi connectivity index (χ4v) is 2.43. The Labute approximate surface area is 147 Å². The number of anilines is 1. The van der Waals surface area contributed by atoms with Crippen molar-refractivity contribution < 1.29 is 19.2 Å². The molecule has 2 aromatic rings. The van der Waals surface area contributed by atoms with E-state index in [9.17, 15) is 19.7 Å². The first-order valence-corrected chi connectivity index (χ1v) is 8.40. The standard InChI is InChI=1S/C16H15N3O5S/c1-10(24-16(21)13-4-3-9-17-15(13)25-2)14(20)18-11-5-7-12(8-6-11)19(22)23/h3-10H,1-2H3,(H,18,20)/t10-/m0/s1. The number of non-ortho nitro benzene ring substituents is 1. The first-order valence-electron chi connectivity index (χ1n) is 7.17. The smallest absolute Gasteiger partial charge is 0.341 e. The van der Waals surface area contributed by atoms with Crippen molar-refractivity contribution in [1.82, 2.24) is 4.98 Å². The highest BCUT2D eigenvalue weighted by Crippen LogP contribution is 2.19. The van der Waals surface area contributed by atoms with Gasteiger partial charge in [-0.05, 0) is 37.4 Å². The van der Waals surface area contributed by atoms with Gasteiger partial charge in [-0.15, -0.1) is 11.8 Å². The maximum absolute atomic E-state index is 12.2. The predicted molar refractivity (Wildman–Crippen MR) is 92.6 cm³/mol. The number of esters is 1. The van der Waals surface area contributed by atoms with Crippen LogP contribution < -0.4 is 5.32 Å². The van der Waals surface area contributed by atoms with Gasteiger partial charge < -0.3 is 10.1 Å². The zero-order valence-electron chi connectivity index (χ0n) is 13.5. The first-order chi connectivity index (χ1) is 11.9. The van der Waals surface area contributed by atoms with E-state index in [1.54, 1.807) is 24.6 Å². The lowest BCUT2D eigenvalue weighted by Crippen LogP contribution is -2.30. The van der Waals surface area contributed by atoms with Gasteiger partial charge in [0.15, 0.2) is 6.10 Å². The molecule has 8 nitrogen and oxygen atoms in total. The fraction of sp³-hybridized carbons (Fsp3) is 0.188. The number of rotatable bonds is 6. The first kappa shape index (κ1) is 18.4. The number of aromatic nitrogens is 1. The number of nitrogens with one attached hydrogen (secondary N) is 1. The van der Waals surface area contributed by atoms with Crippen LogP contribution in [0.15, 0.2) is 47.6 Å². The monoisotopic (exact) mass is 361 g/mol. The normalized spacial score (nSPS) is 11.4. The molecule has 0 saturated carbocycles. The van der Waals surface area contributed by atoms with Crippen molar-refractivity contribution in [3.05, 3.63) is 58.3 Å². The molecule has 130 valence electrons. The third kappa shape index (κ3) is 4.77. The van der Waals surface area contributed by atoms with Gasteiger partial charge in [0.25, 0.3) is 11.6 Å². The summed E-state index contributed by atoms with van der Waals surface area (Å²) in [6.45, 7) is 1.44. The van der Waals surface area contributed by atoms with Crippen LogP contribution in [0.25, 0.3) is 0 Å². The number of nitro groups is 1. The number of pyridine rings is 1. The van der Waals surface area contributed by atoms with Gasteiger partial charge in [0, 0.05) is 24.0 Å². The molecule has 1 aromatic carbocycles. The molecule has 9 heteroatoms. The zero-order valence-corrected chi connectivity index (χ0v) is 14.3. The Balaban J connectivity index is 2.00. The van der Waals surface area contributed by atoms with Crippen LogP contribution in [0.2, 0.25) is 0 Å². The molecule has 0 saturated heterocycles. The van der Waals surface area contributed by atoms with Crippen LogP contribution in [0.5, 0.6) is 0 Å². The van der Waals surface area contributed by atoms with Crippen LogP contribution >= 0.6 is 11.8 Å². The minimum absolute atomic E-state index is 0.0846. The van der Waals surface area contributed by atoms with Crippen molar-refractivity contribution in [1.29, 1.82) is 0 Å². The van der Waals surface area contributed by atoms with Gasteiger partial charge in [0.2, 0.25) is 0 Å². The van der Waals surface area contributed by atoms with Gasteiger partial charge in [0.05, 0.1) is 10.5 Å². The summed E-state index contributed by atoms with van der Waals surface area (Å²) in [4.78, 5) is 38.4. The van der Waals surface area contributed by atoms with E-state index in [0.29, 0.717) is 10.7 Å². The van der Waals surface area contributed by atoms with Gasteiger partial charge in [-0.2, -0.15) is 0 Å². The Morgan fingerprint density at radius 3 is 2.56 bits per heavy atom. The second kappa shape index (κ2) is 8.25. The molecule has 0 radical (unpaired) electrons. The maximum atomic E-state index is 12.2. The molecule has 0 aliphatic rings. The van der Waals surface area contributed by atoms with Crippen molar-refractivity contribution in [3.8, 4) is 0 Å². The summed E-state index contributed by atoms with van der Waals surface area (Å²) in [5, 5.41) is 13.6. The molecule has 0 bridgehead atoms. The molecule has 1 aromatic heterocycles. The number of benzene rings is 1. The topological polar surface area (TPSA) is 111 Å². The molecule has 0 fully saturated rings. The van der Waals surface area contributed by atoms with E-state index in [2.05, 4.69) is 10.3 Å². The number of amides is 1. The highest BCUT2D eigenvalue weighted by atomic mass is 32.2. The lowest BCUT2D eigenvalue weighted by molar-refractivity contribution is -0.384. The van der Waals surface area contributed by atoms with Gasteiger partial charge in [-0.25, -0.2) is 9.78 Å². The second-order valence-electron chi connectivity index (χ2n) is 4.90. The van der Waals surface area contributed by atoms with Crippen molar-refractivity contribution in [2.24, 2.45) is 0 Å². The molecule has 0 aliphatic carbocycles. The van der Waals surface area contributed by atoms with Crippen LogP contribution in [-0.2, 0) is 9.53 Å². The quantitative estimate of drug-likeness (QED) is 0.364. The predicted octanol–water partition coefficient (Wildman–Crippen LogP) is 2.90. The van der Waals surface area contributed by atoms with Gasteiger partial charge >= 0.3 is 5.97 Å². The van der Waals surface area contributed by atoms with Gasteiger partial charge in [-0.3, -0.25) is 14.9 Å². The maximum Gasteiger partial charge on any atom is 0.341 e. The van der Waals surface area contributed by atoms with Crippen molar-refractivity contribution in [2.45, 2.75) is 18.1 Å². The molecule has 1 atom stereocenters. The number of nitrogens with zero attached hydrogens (tertiary/aromatic N) is 2. The summed E-state index contributed by atoms with van der Waals surface area (Å²) in [5.74, 6) is -1.19. The van der Waals surface area contributed by atoms with E-state index < -0.39 is 22.9 Å². The van der Waals surface area contributed by atoms with E-state index in [0.717, 1.165) is 0 Å². The lowest BCUT2D eigenvalue weighted by Gasteiger charge is -2.14. The summed E-state index contributed by atoms with van der Waals surface area (Å²) in [5.41, 5.74) is 0.563. The Hall–Kier alpha value is -2.94. The average Bonchev–Trinajstić information content (AvgIpc) is 2.61. The molecular formula is C16H15N3O5S. The lowest BCUT2D eigenvalue weighted by atomic mass is 10.2. The van der Waals surface area contributed by atoms with Crippen molar-refractivity contribution in [2.75, 3.05) is 11.6 Å². The third-order valence-corrected chi connectivity index (χ3v) is 3.90. The SMILES string of the molecule is CSc1ncccc1C(=O)O[C@@H](C)C(=O)Nc1ccc([N+](=O)[O-])cc1. The zero-order chi connectivity index (χ0) is 18.4. The van der Waals surface area contributed by atoms with Crippen LogP contribution in [-0.4, -0.2) is 34.1 Å². The van der Waals surface area contributed by atoms with Crippen molar-refractivity contribution >= 4 is 35.0 Å². The number of nitro benzene ring substituents is 1. The van der Waals surface area contributed by atoms with Crippen LogP contribution in [0.3, 0.4) is 0 Å². The van der Waals surface area contributed by atoms with E-state index in [-0.39, 0.29) is 11.3 Å². The molecule has 2 rings (SSSR count). The van der Waals surface area contributed by atoms with Crippen molar-refractivity contribution in [3.63, 3.8) is 0 Å². The Kier molecular flexibility index (Phi) is 6.07. The van der Waals surface area contributed by atoms with Gasteiger partial charge in [-0.1, -0.05) is 0 Å². The Morgan fingerprint density at radius 2 is 1.96 bits per heavy atom. The number of hydrogen-bond acceptors (Lipinski definition) is 7. The number of carbonyl (C=O) groups excluding carboxylic acids is 2. The summed E-state index contributed by atoms with van der Waals surface area (Å²) >= 11 is 1.30.